The van der Waals surface area contributed by atoms with Crippen LogP contribution in [0, 0.1) is 0 Å². The van der Waals surface area contributed by atoms with Crippen molar-refractivity contribution >= 4 is 15.7 Å². The first-order chi connectivity index (χ1) is 10.6. The average molecular weight is 352 g/mol. The highest BCUT2D eigenvalue weighted by atomic mass is 32.2. The molecule has 1 aromatic rings. The minimum Gasteiger partial charge on any atom is -0.353 e. The van der Waals surface area contributed by atoms with Crippen molar-refractivity contribution in [3.8, 4) is 0 Å². The number of hydrogen-bond acceptors (Lipinski definition) is 4. The second kappa shape index (κ2) is 7.51. The van der Waals surface area contributed by atoms with Crippen molar-refractivity contribution in [3.63, 3.8) is 0 Å². The predicted molar refractivity (Wildman–Crippen MR) is 84.4 cm³/mol. The van der Waals surface area contributed by atoms with Gasteiger partial charge in [0.15, 0.2) is 9.84 Å². The van der Waals surface area contributed by atoms with Crippen molar-refractivity contribution in [3.05, 3.63) is 17.8 Å². The monoisotopic (exact) mass is 352 g/mol. The minimum atomic E-state index is -4.63. The van der Waals surface area contributed by atoms with E-state index in [1.54, 1.807) is 4.90 Å². The number of pyridine rings is 1. The van der Waals surface area contributed by atoms with Gasteiger partial charge in [-0.2, -0.15) is 13.2 Å². The van der Waals surface area contributed by atoms with Crippen LogP contribution >= 0.6 is 0 Å². The molecule has 1 unspecified atom stereocenters. The van der Waals surface area contributed by atoms with Crippen molar-refractivity contribution in [2.75, 3.05) is 17.7 Å². The van der Waals surface area contributed by atoms with Crippen LogP contribution in [-0.2, 0) is 16.0 Å². The van der Waals surface area contributed by atoms with Gasteiger partial charge in [-0.3, -0.25) is 0 Å². The van der Waals surface area contributed by atoms with Crippen molar-refractivity contribution in [1.82, 2.24) is 4.98 Å². The van der Waals surface area contributed by atoms with Crippen molar-refractivity contribution in [2.45, 2.75) is 57.1 Å². The van der Waals surface area contributed by atoms with Crippen LogP contribution in [0.3, 0.4) is 0 Å². The van der Waals surface area contributed by atoms with Crippen LogP contribution in [0.25, 0.3) is 0 Å². The van der Waals surface area contributed by atoms with Gasteiger partial charge in [0.25, 0.3) is 0 Å². The molecule has 1 rings (SSSR count). The molecule has 1 heterocycles. The summed E-state index contributed by atoms with van der Waals surface area (Å²) >= 11 is 0. The molecule has 8 heteroatoms. The largest absolute Gasteiger partial charge is 0.417 e. The molecule has 0 aliphatic rings. The molecule has 0 N–H and O–H groups in total. The van der Waals surface area contributed by atoms with Gasteiger partial charge >= 0.3 is 6.18 Å². The van der Waals surface area contributed by atoms with Crippen LogP contribution in [0.15, 0.2) is 17.2 Å². The van der Waals surface area contributed by atoms with Crippen LogP contribution in [-0.4, -0.2) is 32.2 Å². The summed E-state index contributed by atoms with van der Waals surface area (Å²) in [6, 6.07) is 0.716. The number of alkyl halides is 3. The lowest BCUT2D eigenvalue weighted by atomic mass is 10.1. The summed E-state index contributed by atoms with van der Waals surface area (Å²) in [5.74, 6) is 0.100. The highest BCUT2D eigenvalue weighted by Crippen LogP contribution is 2.34. The first-order valence-electron chi connectivity index (χ1n) is 7.60. The highest BCUT2D eigenvalue weighted by Gasteiger charge is 2.34. The van der Waals surface area contributed by atoms with Crippen LogP contribution in [0.4, 0.5) is 19.0 Å². The third-order valence-electron chi connectivity index (χ3n) is 3.71. The summed E-state index contributed by atoms with van der Waals surface area (Å²) in [5.41, 5.74) is -1.05. The summed E-state index contributed by atoms with van der Waals surface area (Å²) in [5, 5.41) is 0. The van der Waals surface area contributed by atoms with Crippen LogP contribution in [0.5, 0.6) is 0 Å². The van der Waals surface area contributed by atoms with E-state index >= 15 is 0 Å². The second-order valence-corrected chi connectivity index (χ2v) is 7.44. The van der Waals surface area contributed by atoms with E-state index in [4.69, 9.17) is 0 Å². The zero-order valence-electron chi connectivity index (χ0n) is 13.8. The van der Waals surface area contributed by atoms with Gasteiger partial charge in [-0.05, 0) is 25.8 Å². The van der Waals surface area contributed by atoms with E-state index in [1.807, 2.05) is 20.8 Å². The first kappa shape index (κ1) is 19.7. The molecule has 1 atom stereocenters. The topological polar surface area (TPSA) is 50.3 Å². The fraction of sp³-hybridized carbons (Fsp3) is 0.667. The van der Waals surface area contributed by atoms with Gasteiger partial charge in [0.05, 0.1) is 5.56 Å². The molecular weight excluding hydrogens is 329 g/mol. The zero-order valence-corrected chi connectivity index (χ0v) is 14.6. The van der Waals surface area contributed by atoms with Crippen LogP contribution in [0.2, 0.25) is 0 Å². The molecule has 0 aliphatic heterocycles. The van der Waals surface area contributed by atoms with E-state index in [1.165, 1.54) is 0 Å². The molecule has 0 saturated heterocycles. The van der Waals surface area contributed by atoms with Crippen LogP contribution < -0.4 is 4.90 Å². The summed E-state index contributed by atoms with van der Waals surface area (Å²) in [6.07, 6.45) is -0.559. The van der Waals surface area contributed by atoms with E-state index in [9.17, 15) is 21.6 Å². The van der Waals surface area contributed by atoms with Gasteiger partial charge in [-0.25, -0.2) is 13.4 Å². The number of rotatable bonds is 7. The van der Waals surface area contributed by atoms with Gasteiger partial charge in [-0.15, -0.1) is 0 Å². The Morgan fingerprint density at radius 2 is 1.87 bits per heavy atom. The Morgan fingerprint density at radius 3 is 2.26 bits per heavy atom. The van der Waals surface area contributed by atoms with Crippen LogP contribution in [0.1, 0.15) is 45.6 Å². The molecule has 0 fully saturated rings. The number of sulfone groups is 1. The second-order valence-electron chi connectivity index (χ2n) is 5.45. The maximum atomic E-state index is 12.9. The third-order valence-corrected chi connectivity index (χ3v) is 4.81. The van der Waals surface area contributed by atoms with Crippen molar-refractivity contribution in [1.29, 1.82) is 0 Å². The fourth-order valence-corrected chi connectivity index (χ4v) is 3.42. The Balaban J connectivity index is 3.50. The lowest BCUT2D eigenvalue weighted by Gasteiger charge is -2.32. The van der Waals surface area contributed by atoms with Gasteiger partial charge in [0.1, 0.15) is 10.7 Å². The number of halogens is 3. The van der Waals surface area contributed by atoms with Gasteiger partial charge < -0.3 is 4.90 Å². The Morgan fingerprint density at radius 1 is 1.26 bits per heavy atom. The lowest BCUT2D eigenvalue weighted by Crippen LogP contribution is -2.36. The molecule has 0 saturated carbocycles. The highest BCUT2D eigenvalue weighted by molar-refractivity contribution is 7.90. The molecule has 0 aliphatic carbocycles. The van der Waals surface area contributed by atoms with Gasteiger partial charge in [0.2, 0.25) is 0 Å². The van der Waals surface area contributed by atoms with E-state index in [2.05, 4.69) is 4.98 Å². The SMILES string of the molecule is CCCC(CC)N(CC)c1ncc(C(F)(F)F)cc1S(C)(=O)=O. The van der Waals surface area contributed by atoms with E-state index in [0.717, 1.165) is 25.5 Å². The number of anilines is 1. The third kappa shape index (κ3) is 4.83. The fourth-order valence-electron chi connectivity index (χ4n) is 2.58. The Hall–Kier alpha value is -1.31. The number of nitrogens with zero attached hydrogens (tertiary/aromatic N) is 2. The molecule has 132 valence electrons. The Labute approximate surface area is 135 Å². The smallest absolute Gasteiger partial charge is 0.353 e. The van der Waals surface area contributed by atoms with Crippen molar-refractivity contribution < 1.29 is 21.6 Å². The number of aromatic nitrogens is 1. The van der Waals surface area contributed by atoms with E-state index in [-0.39, 0.29) is 16.8 Å². The summed E-state index contributed by atoms with van der Waals surface area (Å²) in [7, 11) is -3.83. The quantitative estimate of drug-likeness (QED) is 0.747. The molecule has 0 radical (unpaired) electrons. The summed E-state index contributed by atoms with van der Waals surface area (Å²) in [6.45, 7) is 6.28. The molecule has 0 aromatic carbocycles. The van der Waals surface area contributed by atoms with Gasteiger partial charge in [-0.1, -0.05) is 20.3 Å². The molecule has 0 spiro atoms. The molecule has 1 aromatic heterocycles. The maximum absolute atomic E-state index is 12.9. The maximum Gasteiger partial charge on any atom is 0.417 e. The Bertz CT molecular complexity index is 630. The predicted octanol–water partition coefficient (Wildman–Crippen LogP) is 3.91. The minimum absolute atomic E-state index is 0.0368. The zero-order chi connectivity index (χ0) is 17.8. The van der Waals surface area contributed by atoms with Gasteiger partial charge in [0, 0.05) is 25.0 Å². The number of hydrogen-bond donors (Lipinski definition) is 0. The average Bonchev–Trinajstić information content (AvgIpc) is 2.45. The Kier molecular flexibility index (Phi) is 6.44. The molecule has 23 heavy (non-hydrogen) atoms. The molecule has 4 nitrogen and oxygen atoms in total. The molecule has 0 bridgehead atoms. The molecule has 0 amide bonds. The first-order valence-corrected chi connectivity index (χ1v) is 9.49. The summed E-state index contributed by atoms with van der Waals surface area (Å²) < 4.78 is 62.6. The van der Waals surface area contributed by atoms with Crippen molar-refractivity contribution in [2.24, 2.45) is 0 Å². The standard InChI is InChI=1S/C15H23F3N2O2S/c1-5-8-12(6-2)20(7-3)14-13(23(4,21)22)9-11(10-19-14)15(16,17)18/h9-10,12H,5-8H2,1-4H3. The van der Waals surface area contributed by atoms with E-state index in [0.29, 0.717) is 18.8 Å². The normalized spacial score (nSPS) is 13.9. The summed E-state index contributed by atoms with van der Waals surface area (Å²) in [4.78, 5) is 5.27. The molecular formula is C15H23F3N2O2S. The van der Waals surface area contributed by atoms with E-state index < -0.39 is 21.6 Å². The lowest BCUT2D eigenvalue weighted by molar-refractivity contribution is -0.138.